The van der Waals surface area contributed by atoms with Crippen molar-refractivity contribution in [3.05, 3.63) is 83.6 Å². The van der Waals surface area contributed by atoms with Gasteiger partial charge in [0.1, 0.15) is 23.9 Å². The largest absolute Gasteiger partial charge is 0.387 e. The van der Waals surface area contributed by atoms with E-state index in [2.05, 4.69) is 21.1 Å². The number of benzene rings is 1. The van der Waals surface area contributed by atoms with Crippen LogP contribution in [0.15, 0.2) is 50.3 Å². The van der Waals surface area contributed by atoms with Gasteiger partial charge in [-0.3, -0.25) is 9.59 Å². The van der Waals surface area contributed by atoms with Crippen molar-refractivity contribution in [2.45, 2.75) is 37.8 Å². The Hall–Kier alpha value is -2.63. The lowest BCUT2D eigenvalue weighted by molar-refractivity contribution is -0.132. The Kier molecular flexibility index (Phi) is 7.23. The van der Waals surface area contributed by atoms with Gasteiger partial charge in [0.25, 0.3) is 5.56 Å². The maximum absolute atomic E-state index is 14.1. The predicted molar refractivity (Wildman–Crippen MR) is 135 cm³/mol. The molecular formula is C24H20BrClF2N4O3S. The summed E-state index contributed by atoms with van der Waals surface area (Å²) in [4.78, 5) is 36.8. The SMILES string of the molecule is O=C(Cn1cc(Cl)cc(Br)c1=O)N1CCC(c2nc(C3=NOC(c4c(F)cccc4F)C3)cs2)CC1. The van der Waals surface area contributed by atoms with Crippen LogP contribution in [-0.4, -0.2) is 39.2 Å². The monoisotopic (exact) mass is 596 g/mol. The molecule has 3 aromatic rings. The molecular weight excluding hydrogens is 578 g/mol. The Morgan fingerprint density at radius 1 is 1.25 bits per heavy atom. The smallest absolute Gasteiger partial charge is 0.265 e. The molecule has 0 radical (unpaired) electrons. The van der Waals surface area contributed by atoms with Gasteiger partial charge in [-0.2, -0.15) is 0 Å². The second kappa shape index (κ2) is 10.4. The van der Waals surface area contributed by atoms with Gasteiger partial charge in [0.15, 0.2) is 6.10 Å². The molecule has 1 unspecified atom stereocenters. The van der Waals surface area contributed by atoms with Crippen LogP contribution in [0.25, 0.3) is 0 Å². The highest BCUT2D eigenvalue weighted by atomic mass is 79.9. The second-order valence-electron chi connectivity index (χ2n) is 8.64. The molecule has 1 amide bonds. The molecule has 188 valence electrons. The third-order valence-corrected chi connectivity index (χ3v) is 8.10. The van der Waals surface area contributed by atoms with Gasteiger partial charge in [-0.25, -0.2) is 13.8 Å². The maximum Gasteiger partial charge on any atom is 0.265 e. The molecule has 4 heterocycles. The quantitative estimate of drug-likeness (QED) is 0.402. The fraction of sp³-hybridized carbons (Fsp3) is 0.333. The van der Waals surface area contributed by atoms with Crippen LogP contribution in [-0.2, 0) is 16.2 Å². The minimum Gasteiger partial charge on any atom is -0.387 e. The van der Waals surface area contributed by atoms with Crippen LogP contribution in [0.3, 0.4) is 0 Å². The average molecular weight is 598 g/mol. The summed E-state index contributed by atoms with van der Waals surface area (Å²) < 4.78 is 29.8. The lowest BCUT2D eigenvalue weighted by atomic mass is 9.97. The zero-order valence-electron chi connectivity index (χ0n) is 18.8. The van der Waals surface area contributed by atoms with E-state index in [4.69, 9.17) is 21.4 Å². The van der Waals surface area contributed by atoms with Crippen LogP contribution < -0.4 is 5.56 Å². The summed E-state index contributed by atoms with van der Waals surface area (Å²) in [5, 5.41) is 7.20. The highest BCUT2D eigenvalue weighted by Crippen LogP contribution is 2.35. The van der Waals surface area contributed by atoms with Gasteiger partial charge in [0, 0.05) is 37.0 Å². The van der Waals surface area contributed by atoms with Gasteiger partial charge in [-0.15, -0.1) is 11.3 Å². The Bertz CT molecular complexity index is 1380. The number of thiazole rings is 1. The van der Waals surface area contributed by atoms with Gasteiger partial charge in [0.05, 0.1) is 25.8 Å². The number of oxime groups is 1. The number of amides is 1. The molecule has 0 aliphatic carbocycles. The molecule has 7 nitrogen and oxygen atoms in total. The first kappa shape index (κ1) is 25.0. The molecule has 1 aromatic carbocycles. The van der Waals surface area contributed by atoms with Crippen molar-refractivity contribution in [2.24, 2.45) is 5.16 Å². The van der Waals surface area contributed by atoms with Gasteiger partial charge in [-0.1, -0.05) is 22.8 Å². The van der Waals surface area contributed by atoms with E-state index in [9.17, 15) is 18.4 Å². The van der Waals surface area contributed by atoms with Crippen molar-refractivity contribution < 1.29 is 18.4 Å². The third-order valence-electron chi connectivity index (χ3n) is 6.32. The molecule has 0 spiro atoms. The highest BCUT2D eigenvalue weighted by Gasteiger charge is 2.31. The van der Waals surface area contributed by atoms with Gasteiger partial charge in [0.2, 0.25) is 5.91 Å². The number of aromatic nitrogens is 2. The van der Waals surface area contributed by atoms with Crippen molar-refractivity contribution in [3.63, 3.8) is 0 Å². The van der Waals surface area contributed by atoms with Gasteiger partial charge >= 0.3 is 0 Å². The fourth-order valence-corrected chi connectivity index (χ4v) is 6.25. The number of carbonyl (C=O) groups excluding carboxylic acids is 1. The number of rotatable bonds is 5. The lowest BCUT2D eigenvalue weighted by Gasteiger charge is -2.31. The molecule has 1 fully saturated rings. The molecule has 0 N–H and O–H groups in total. The molecule has 12 heteroatoms. The number of pyridine rings is 1. The third kappa shape index (κ3) is 5.09. The van der Waals surface area contributed by atoms with E-state index in [1.165, 1.54) is 46.4 Å². The molecule has 1 saturated heterocycles. The van der Waals surface area contributed by atoms with Crippen LogP contribution in [0.2, 0.25) is 5.02 Å². The topological polar surface area (TPSA) is 76.8 Å². The summed E-state index contributed by atoms with van der Waals surface area (Å²) in [7, 11) is 0. The molecule has 2 aliphatic heterocycles. The molecule has 0 bridgehead atoms. The first-order valence-corrected chi connectivity index (χ1v) is 13.3. The van der Waals surface area contributed by atoms with Gasteiger partial charge in [-0.05, 0) is 47.0 Å². The fourth-order valence-electron chi connectivity index (χ4n) is 4.41. The second-order valence-corrected chi connectivity index (χ2v) is 10.8. The van der Waals surface area contributed by atoms with E-state index in [0.29, 0.717) is 34.0 Å². The summed E-state index contributed by atoms with van der Waals surface area (Å²) >= 11 is 10.7. The van der Waals surface area contributed by atoms with Gasteiger partial charge < -0.3 is 14.3 Å². The van der Waals surface area contributed by atoms with Crippen molar-refractivity contribution in [1.82, 2.24) is 14.5 Å². The number of piperidine rings is 1. The Morgan fingerprint density at radius 3 is 2.69 bits per heavy atom. The first-order valence-electron chi connectivity index (χ1n) is 11.3. The number of carbonyl (C=O) groups is 1. The summed E-state index contributed by atoms with van der Waals surface area (Å²) in [6.07, 6.45) is 2.33. The number of nitrogens with zero attached hydrogens (tertiary/aromatic N) is 4. The minimum atomic E-state index is -0.826. The van der Waals surface area contributed by atoms with Crippen LogP contribution in [0, 0.1) is 11.6 Å². The Morgan fingerprint density at radius 2 is 1.97 bits per heavy atom. The highest BCUT2D eigenvalue weighted by molar-refractivity contribution is 9.10. The number of hydrogen-bond donors (Lipinski definition) is 0. The molecule has 2 aliphatic rings. The standard InChI is InChI=1S/C24H20BrClF2N4O3S/c25-15-8-14(26)10-32(24(15)34)11-21(33)31-6-4-13(5-7-31)23-29-19(12-36-23)18-9-20(35-30-18)22-16(27)2-1-3-17(22)28/h1-3,8,10,12-13,20H,4-7,9,11H2. The van der Waals surface area contributed by atoms with Crippen LogP contribution in [0.5, 0.6) is 0 Å². The van der Waals surface area contributed by atoms with Crippen molar-refractivity contribution in [2.75, 3.05) is 13.1 Å². The molecule has 1 atom stereocenters. The van der Waals surface area contributed by atoms with Crippen molar-refractivity contribution >= 4 is 50.5 Å². The number of halogens is 4. The number of likely N-dealkylation sites (tertiary alicyclic amines) is 1. The molecule has 2 aromatic heterocycles. The summed E-state index contributed by atoms with van der Waals surface area (Å²) in [6.45, 7) is 1.02. The maximum atomic E-state index is 14.1. The van der Waals surface area contributed by atoms with Crippen molar-refractivity contribution in [3.8, 4) is 0 Å². The number of hydrogen-bond acceptors (Lipinski definition) is 6. The normalized spacial score (nSPS) is 18.3. The molecule has 0 saturated carbocycles. The van der Waals surface area contributed by atoms with E-state index in [1.807, 2.05) is 5.38 Å². The summed E-state index contributed by atoms with van der Waals surface area (Å²) in [5.41, 5.74) is 0.752. The first-order chi connectivity index (χ1) is 17.3. The van der Waals surface area contributed by atoms with E-state index in [-0.39, 0.29) is 35.9 Å². The van der Waals surface area contributed by atoms with E-state index in [1.54, 1.807) is 4.90 Å². The average Bonchev–Trinajstić information content (AvgIpc) is 3.52. The minimum absolute atomic E-state index is 0.0757. The van der Waals surface area contributed by atoms with E-state index >= 15 is 0 Å². The van der Waals surface area contributed by atoms with Crippen LogP contribution in [0.4, 0.5) is 8.78 Å². The van der Waals surface area contributed by atoms with E-state index in [0.717, 1.165) is 17.8 Å². The zero-order chi connectivity index (χ0) is 25.4. The molecule has 36 heavy (non-hydrogen) atoms. The van der Waals surface area contributed by atoms with Crippen LogP contribution >= 0.6 is 38.9 Å². The van der Waals surface area contributed by atoms with E-state index < -0.39 is 17.7 Å². The zero-order valence-corrected chi connectivity index (χ0v) is 22.0. The molecule has 5 rings (SSSR count). The Labute approximate surface area is 222 Å². The lowest BCUT2D eigenvalue weighted by Crippen LogP contribution is -2.41. The predicted octanol–water partition coefficient (Wildman–Crippen LogP) is 5.27. The van der Waals surface area contributed by atoms with Crippen LogP contribution in [0.1, 0.15) is 47.5 Å². The summed E-state index contributed by atoms with van der Waals surface area (Å²) in [6, 6.07) is 5.21. The Balaban J connectivity index is 1.18. The summed E-state index contributed by atoms with van der Waals surface area (Å²) in [5.74, 6) is -1.29. The van der Waals surface area contributed by atoms with Crippen molar-refractivity contribution in [1.29, 1.82) is 0 Å².